The van der Waals surface area contributed by atoms with Gasteiger partial charge in [-0.2, -0.15) is 10.4 Å². The number of nitrogens with zero attached hydrogens (tertiary/aromatic N) is 3. The smallest absolute Gasteiger partial charge is 0.272 e. The van der Waals surface area contributed by atoms with Gasteiger partial charge in [-0.3, -0.25) is 9.59 Å². The summed E-state index contributed by atoms with van der Waals surface area (Å²) in [5.74, 6) is -0.341. The van der Waals surface area contributed by atoms with Crippen molar-refractivity contribution < 1.29 is 4.79 Å². The molecule has 2 rings (SSSR count). The third-order valence-corrected chi connectivity index (χ3v) is 3.42. The van der Waals surface area contributed by atoms with Crippen LogP contribution in [0.3, 0.4) is 0 Å². The Balaban J connectivity index is 2.13. The summed E-state index contributed by atoms with van der Waals surface area (Å²) in [5, 5.41) is 15.7. The molecule has 1 N–H and O–H groups in total. The van der Waals surface area contributed by atoms with Crippen molar-refractivity contribution in [2.75, 3.05) is 0 Å². The zero-order chi connectivity index (χ0) is 16.8. The van der Waals surface area contributed by atoms with Gasteiger partial charge in [-0.25, -0.2) is 4.68 Å². The summed E-state index contributed by atoms with van der Waals surface area (Å²) in [5.41, 5.74) is 1.45. The van der Waals surface area contributed by atoms with Crippen LogP contribution in [0.1, 0.15) is 47.9 Å². The Bertz CT molecular complexity index is 787. The van der Waals surface area contributed by atoms with Crippen molar-refractivity contribution >= 4 is 5.91 Å². The molecule has 0 bridgehead atoms. The number of carbonyl (C=O) groups is 1. The number of nitriles is 1. The van der Waals surface area contributed by atoms with Crippen molar-refractivity contribution in [1.29, 1.82) is 5.26 Å². The topological polar surface area (TPSA) is 87.8 Å². The molecule has 1 heterocycles. The first-order valence-electron chi connectivity index (χ1n) is 7.44. The predicted octanol–water partition coefficient (Wildman–Crippen LogP) is 2.02. The number of rotatable bonds is 5. The van der Waals surface area contributed by atoms with Crippen LogP contribution in [0.25, 0.3) is 0 Å². The summed E-state index contributed by atoms with van der Waals surface area (Å²) >= 11 is 0. The van der Waals surface area contributed by atoms with Gasteiger partial charge in [0.1, 0.15) is 5.69 Å². The lowest BCUT2D eigenvalue weighted by Gasteiger charge is -2.14. The van der Waals surface area contributed by atoms with Gasteiger partial charge in [-0.15, -0.1) is 0 Å². The molecule has 6 heteroatoms. The molecule has 1 aromatic heterocycles. The molecule has 118 valence electrons. The highest BCUT2D eigenvalue weighted by Gasteiger charge is 2.14. The van der Waals surface area contributed by atoms with Crippen molar-refractivity contribution in [2.24, 2.45) is 0 Å². The first-order valence-corrected chi connectivity index (χ1v) is 7.44. The number of carbonyl (C=O) groups excluding carboxylic acids is 1. The molecule has 1 aromatic carbocycles. The first kappa shape index (κ1) is 16.4. The second kappa shape index (κ2) is 7.36. The Morgan fingerprint density at radius 1 is 1.30 bits per heavy atom. The SMILES string of the molecule is CCCn1nc(C(=O)N[C@H](C)c2ccc(C#N)cc2)ccc1=O. The van der Waals surface area contributed by atoms with E-state index in [1.54, 1.807) is 24.3 Å². The van der Waals surface area contributed by atoms with Gasteiger partial charge in [0.2, 0.25) is 0 Å². The molecule has 23 heavy (non-hydrogen) atoms. The predicted molar refractivity (Wildman–Crippen MR) is 85.8 cm³/mol. The molecule has 0 aliphatic heterocycles. The summed E-state index contributed by atoms with van der Waals surface area (Å²) in [6.07, 6.45) is 0.764. The quantitative estimate of drug-likeness (QED) is 0.915. The van der Waals surface area contributed by atoms with Gasteiger partial charge >= 0.3 is 0 Å². The monoisotopic (exact) mass is 310 g/mol. The molecule has 0 aliphatic carbocycles. The van der Waals surface area contributed by atoms with Crippen LogP contribution in [0.2, 0.25) is 0 Å². The number of nitrogens with one attached hydrogen (secondary N) is 1. The number of hydrogen-bond acceptors (Lipinski definition) is 4. The van der Waals surface area contributed by atoms with E-state index in [1.165, 1.54) is 16.8 Å². The second-order valence-electron chi connectivity index (χ2n) is 5.21. The molecule has 0 saturated carbocycles. The Hall–Kier alpha value is -2.94. The number of aromatic nitrogens is 2. The van der Waals surface area contributed by atoms with Gasteiger partial charge in [-0.05, 0) is 37.1 Å². The van der Waals surface area contributed by atoms with Gasteiger partial charge in [0, 0.05) is 12.6 Å². The molecule has 1 atom stereocenters. The van der Waals surface area contributed by atoms with E-state index in [-0.39, 0.29) is 23.2 Å². The highest BCUT2D eigenvalue weighted by molar-refractivity contribution is 5.92. The van der Waals surface area contributed by atoms with E-state index in [9.17, 15) is 9.59 Å². The fraction of sp³-hybridized carbons (Fsp3) is 0.294. The van der Waals surface area contributed by atoms with Crippen molar-refractivity contribution in [2.45, 2.75) is 32.9 Å². The summed E-state index contributed by atoms with van der Waals surface area (Å²) < 4.78 is 1.29. The van der Waals surface area contributed by atoms with Gasteiger partial charge in [0.05, 0.1) is 17.7 Å². The van der Waals surface area contributed by atoms with Crippen LogP contribution in [-0.2, 0) is 6.54 Å². The molecule has 0 fully saturated rings. The highest BCUT2D eigenvalue weighted by Crippen LogP contribution is 2.13. The van der Waals surface area contributed by atoms with E-state index < -0.39 is 0 Å². The van der Waals surface area contributed by atoms with E-state index in [2.05, 4.69) is 16.5 Å². The lowest BCUT2D eigenvalue weighted by molar-refractivity contribution is 0.0932. The van der Waals surface area contributed by atoms with Crippen molar-refractivity contribution in [3.05, 3.63) is 63.6 Å². The molecule has 0 radical (unpaired) electrons. The molecular weight excluding hydrogens is 292 g/mol. The largest absolute Gasteiger partial charge is 0.344 e. The Morgan fingerprint density at radius 2 is 2.00 bits per heavy atom. The van der Waals surface area contributed by atoms with Crippen LogP contribution in [-0.4, -0.2) is 15.7 Å². The fourth-order valence-electron chi connectivity index (χ4n) is 2.14. The van der Waals surface area contributed by atoms with Crippen LogP contribution in [0.15, 0.2) is 41.2 Å². The van der Waals surface area contributed by atoms with Crippen molar-refractivity contribution in [1.82, 2.24) is 15.1 Å². The van der Waals surface area contributed by atoms with Crippen LogP contribution < -0.4 is 10.9 Å². The maximum absolute atomic E-state index is 12.3. The third kappa shape index (κ3) is 4.04. The van der Waals surface area contributed by atoms with Crippen LogP contribution >= 0.6 is 0 Å². The highest BCUT2D eigenvalue weighted by atomic mass is 16.2. The first-order chi connectivity index (χ1) is 11.0. The Morgan fingerprint density at radius 3 is 2.61 bits per heavy atom. The van der Waals surface area contributed by atoms with Crippen LogP contribution in [0, 0.1) is 11.3 Å². The number of amides is 1. The van der Waals surface area contributed by atoms with Crippen LogP contribution in [0.4, 0.5) is 0 Å². The second-order valence-corrected chi connectivity index (χ2v) is 5.21. The summed E-state index contributed by atoms with van der Waals surface area (Å²) in [7, 11) is 0. The average molecular weight is 310 g/mol. The fourth-order valence-corrected chi connectivity index (χ4v) is 2.14. The van der Waals surface area contributed by atoms with E-state index >= 15 is 0 Å². The van der Waals surface area contributed by atoms with Gasteiger partial charge in [0.15, 0.2) is 0 Å². The van der Waals surface area contributed by atoms with E-state index in [1.807, 2.05) is 13.8 Å². The van der Waals surface area contributed by atoms with Crippen molar-refractivity contribution in [3.8, 4) is 6.07 Å². The minimum Gasteiger partial charge on any atom is -0.344 e. The number of aryl methyl sites for hydroxylation is 1. The standard InChI is InChI=1S/C17H18N4O2/c1-3-10-21-16(22)9-8-15(20-21)17(23)19-12(2)14-6-4-13(11-18)5-7-14/h4-9,12H,3,10H2,1-2H3,(H,19,23)/t12-/m1/s1. The maximum Gasteiger partial charge on any atom is 0.272 e. The third-order valence-electron chi connectivity index (χ3n) is 3.42. The van der Waals surface area contributed by atoms with Crippen LogP contribution in [0.5, 0.6) is 0 Å². The maximum atomic E-state index is 12.3. The molecular formula is C17H18N4O2. The zero-order valence-corrected chi connectivity index (χ0v) is 13.1. The van der Waals surface area contributed by atoms with E-state index in [0.29, 0.717) is 12.1 Å². The molecule has 1 amide bonds. The van der Waals surface area contributed by atoms with Gasteiger partial charge in [0.25, 0.3) is 11.5 Å². The Labute approximate surface area is 134 Å². The summed E-state index contributed by atoms with van der Waals surface area (Å²) in [6.45, 7) is 4.26. The summed E-state index contributed by atoms with van der Waals surface area (Å²) in [4.78, 5) is 23.9. The molecule has 6 nitrogen and oxygen atoms in total. The minimum absolute atomic E-state index is 0.207. The van der Waals surface area contributed by atoms with Gasteiger partial charge < -0.3 is 5.32 Å². The van der Waals surface area contributed by atoms with E-state index in [4.69, 9.17) is 5.26 Å². The Kier molecular flexibility index (Phi) is 5.26. The minimum atomic E-state index is -0.341. The number of benzene rings is 1. The van der Waals surface area contributed by atoms with E-state index in [0.717, 1.165) is 12.0 Å². The molecule has 0 saturated heterocycles. The lowest BCUT2D eigenvalue weighted by Crippen LogP contribution is -2.31. The molecule has 2 aromatic rings. The van der Waals surface area contributed by atoms with Gasteiger partial charge in [-0.1, -0.05) is 19.1 Å². The normalized spacial score (nSPS) is 11.5. The molecule has 0 spiro atoms. The lowest BCUT2D eigenvalue weighted by atomic mass is 10.1. The molecule has 0 aliphatic rings. The van der Waals surface area contributed by atoms with Crippen molar-refractivity contribution in [3.63, 3.8) is 0 Å². The number of hydrogen-bond donors (Lipinski definition) is 1. The zero-order valence-electron chi connectivity index (χ0n) is 13.1. The average Bonchev–Trinajstić information content (AvgIpc) is 2.57. The molecule has 0 unspecified atom stereocenters. The summed E-state index contributed by atoms with van der Waals surface area (Å²) in [6, 6.07) is 11.6.